The summed E-state index contributed by atoms with van der Waals surface area (Å²) in [4.78, 5) is 65.2. The number of thioether (sulfide) groups is 1. The fourth-order valence-electron chi connectivity index (χ4n) is 4.45. The van der Waals surface area contributed by atoms with Crippen LogP contribution in [-0.2, 0) is 14.4 Å². The predicted octanol–water partition coefficient (Wildman–Crippen LogP) is 5.93. The van der Waals surface area contributed by atoms with Crippen LogP contribution in [0.1, 0.15) is 32.7 Å². The molecule has 1 saturated heterocycles. The first-order valence-electron chi connectivity index (χ1n) is 13.5. The molecule has 4 N–H and O–H groups in total. The van der Waals surface area contributed by atoms with Gasteiger partial charge in [-0.2, -0.15) is 0 Å². The first kappa shape index (κ1) is 31.5. The molecule has 0 bridgehead atoms. The second kappa shape index (κ2) is 13.8. The average Bonchev–Trinajstić information content (AvgIpc) is 3.31. The van der Waals surface area contributed by atoms with Crippen molar-refractivity contribution in [2.45, 2.75) is 16.6 Å². The number of rotatable bonds is 9. The van der Waals surface area contributed by atoms with Gasteiger partial charge in [0.15, 0.2) is 0 Å². The fraction of sp³-hybridized carbons (Fsp3) is 0.0606. The number of carbonyl (C=O) groups excluding carboxylic acids is 5. The molecule has 1 aliphatic heterocycles. The molecule has 45 heavy (non-hydrogen) atoms. The van der Waals surface area contributed by atoms with Gasteiger partial charge >= 0.3 is 0 Å². The van der Waals surface area contributed by atoms with Crippen LogP contribution in [0.15, 0.2) is 108 Å². The van der Waals surface area contributed by atoms with Gasteiger partial charge in [0.1, 0.15) is 5.70 Å². The van der Waals surface area contributed by atoms with Crippen molar-refractivity contribution < 1.29 is 24.0 Å². The molecule has 9 nitrogen and oxygen atoms in total. The van der Waals surface area contributed by atoms with Crippen LogP contribution in [0.2, 0.25) is 10.0 Å². The molecule has 4 aromatic carbocycles. The van der Waals surface area contributed by atoms with Gasteiger partial charge < -0.3 is 16.4 Å². The smallest absolute Gasteiger partial charge is 0.272 e. The number of nitrogens with one attached hydrogen (secondary N) is 2. The Bertz CT molecular complexity index is 1830. The normalized spacial score (nSPS) is 14.8. The van der Waals surface area contributed by atoms with E-state index in [0.29, 0.717) is 32.4 Å². The molecular formula is C33H24Cl2N4O5S. The van der Waals surface area contributed by atoms with E-state index in [2.05, 4.69) is 10.6 Å². The summed E-state index contributed by atoms with van der Waals surface area (Å²) in [6.07, 6.45) is 1.44. The minimum atomic E-state index is -0.654. The van der Waals surface area contributed by atoms with Gasteiger partial charge in [-0.05, 0) is 78.4 Å². The molecule has 0 saturated carbocycles. The molecule has 1 heterocycles. The van der Waals surface area contributed by atoms with Crippen molar-refractivity contribution in [3.8, 4) is 0 Å². The van der Waals surface area contributed by atoms with E-state index < -0.39 is 23.0 Å². The zero-order valence-electron chi connectivity index (χ0n) is 23.3. The maximum absolute atomic E-state index is 13.4. The Morgan fingerprint density at radius 2 is 1.53 bits per heavy atom. The summed E-state index contributed by atoms with van der Waals surface area (Å²) >= 11 is 13.7. The number of anilines is 2. The largest absolute Gasteiger partial charge is 0.366 e. The van der Waals surface area contributed by atoms with Crippen LogP contribution in [0.25, 0.3) is 6.08 Å². The van der Waals surface area contributed by atoms with Crippen molar-refractivity contribution in [1.82, 2.24) is 5.32 Å². The Morgan fingerprint density at radius 3 is 2.20 bits per heavy atom. The molecule has 0 spiro atoms. The van der Waals surface area contributed by atoms with E-state index in [9.17, 15) is 24.0 Å². The van der Waals surface area contributed by atoms with E-state index in [1.165, 1.54) is 42.1 Å². The Hall–Kier alpha value is -4.90. The van der Waals surface area contributed by atoms with Gasteiger partial charge in [0.2, 0.25) is 17.7 Å². The van der Waals surface area contributed by atoms with Crippen LogP contribution >= 0.6 is 35.0 Å². The molecule has 1 aliphatic rings. The standard InChI is InChI=1S/C33H24Cl2N4O5S/c34-25-8-4-7-21(29(25)35)17-26(38-31(42)20-5-2-1-3-6-20)32(43)37-22-11-15-24(16-12-22)45-27-18-28(40)39(33(27)44)23-13-9-19(10-14-23)30(36)41/h1-17,27H,18H2,(H2,36,41)(H,37,43)(H,38,42)/b26-17-. The summed E-state index contributed by atoms with van der Waals surface area (Å²) < 4.78 is 0. The van der Waals surface area contributed by atoms with Crippen molar-refractivity contribution >= 4 is 82.0 Å². The number of hydrogen-bond acceptors (Lipinski definition) is 6. The Kier molecular flexibility index (Phi) is 9.68. The number of imide groups is 1. The quantitative estimate of drug-likeness (QED) is 0.151. The van der Waals surface area contributed by atoms with Gasteiger partial charge in [0, 0.05) is 28.1 Å². The summed E-state index contributed by atoms with van der Waals surface area (Å²) in [5.41, 5.74) is 7.05. The highest BCUT2D eigenvalue weighted by Gasteiger charge is 2.40. The second-order valence-corrected chi connectivity index (χ2v) is 11.9. The lowest BCUT2D eigenvalue weighted by atomic mass is 10.1. The number of nitrogens with zero attached hydrogens (tertiary/aromatic N) is 1. The molecule has 12 heteroatoms. The third kappa shape index (κ3) is 7.43. The summed E-state index contributed by atoms with van der Waals surface area (Å²) in [7, 11) is 0. The molecular weight excluding hydrogens is 635 g/mol. The van der Waals surface area contributed by atoms with Crippen molar-refractivity contribution in [2.75, 3.05) is 10.2 Å². The molecule has 0 radical (unpaired) electrons. The highest BCUT2D eigenvalue weighted by Crippen LogP contribution is 2.34. The van der Waals surface area contributed by atoms with Crippen molar-refractivity contribution in [3.63, 3.8) is 0 Å². The predicted molar refractivity (Wildman–Crippen MR) is 175 cm³/mol. The Labute approximate surface area is 272 Å². The molecule has 5 amide bonds. The van der Waals surface area contributed by atoms with E-state index in [-0.39, 0.29) is 34.5 Å². The van der Waals surface area contributed by atoms with Crippen LogP contribution < -0.4 is 21.3 Å². The monoisotopic (exact) mass is 658 g/mol. The third-order valence-electron chi connectivity index (χ3n) is 6.72. The number of primary amides is 1. The number of hydrogen-bond donors (Lipinski definition) is 3. The minimum absolute atomic E-state index is 0.000880. The molecule has 4 aromatic rings. The number of benzene rings is 4. The highest BCUT2D eigenvalue weighted by atomic mass is 35.5. The molecule has 226 valence electrons. The maximum atomic E-state index is 13.4. The van der Waals surface area contributed by atoms with Gasteiger partial charge in [-0.1, -0.05) is 53.5 Å². The fourth-order valence-corrected chi connectivity index (χ4v) is 5.87. The summed E-state index contributed by atoms with van der Waals surface area (Å²) in [5.74, 6) is -2.44. The molecule has 1 atom stereocenters. The van der Waals surface area contributed by atoms with Crippen molar-refractivity contribution in [2.24, 2.45) is 5.73 Å². The first-order chi connectivity index (χ1) is 21.6. The molecule has 0 aliphatic carbocycles. The number of nitrogens with two attached hydrogens (primary N) is 1. The second-order valence-electron chi connectivity index (χ2n) is 9.79. The van der Waals surface area contributed by atoms with Crippen LogP contribution in [0.3, 0.4) is 0 Å². The number of carbonyl (C=O) groups is 5. The van der Waals surface area contributed by atoms with E-state index in [4.69, 9.17) is 28.9 Å². The highest BCUT2D eigenvalue weighted by molar-refractivity contribution is 8.00. The number of halogens is 2. The molecule has 1 fully saturated rings. The summed E-state index contributed by atoms with van der Waals surface area (Å²) in [5, 5.41) is 5.27. The molecule has 0 aromatic heterocycles. The zero-order valence-corrected chi connectivity index (χ0v) is 25.7. The van der Waals surface area contributed by atoms with Gasteiger partial charge in [-0.15, -0.1) is 11.8 Å². The molecule has 1 unspecified atom stereocenters. The van der Waals surface area contributed by atoms with E-state index in [0.717, 1.165) is 4.90 Å². The zero-order chi connectivity index (χ0) is 32.1. The van der Waals surface area contributed by atoms with Gasteiger partial charge in [-0.3, -0.25) is 24.0 Å². The summed E-state index contributed by atoms with van der Waals surface area (Å²) in [6, 6.07) is 26.0. The topological polar surface area (TPSA) is 139 Å². The van der Waals surface area contributed by atoms with E-state index in [1.807, 2.05) is 0 Å². The van der Waals surface area contributed by atoms with Crippen molar-refractivity contribution in [1.29, 1.82) is 0 Å². The lowest BCUT2D eigenvalue weighted by Gasteiger charge is -2.15. The van der Waals surface area contributed by atoms with E-state index >= 15 is 0 Å². The third-order valence-corrected chi connectivity index (χ3v) is 8.75. The Balaban J connectivity index is 1.29. The lowest BCUT2D eigenvalue weighted by molar-refractivity contribution is -0.121. The van der Waals surface area contributed by atoms with Gasteiger partial charge in [0.25, 0.3) is 11.8 Å². The van der Waals surface area contributed by atoms with E-state index in [1.54, 1.807) is 72.8 Å². The average molecular weight is 660 g/mol. The SMILES string of the molecule is NC(=O)c1ccc(N2C(=O)CC(Sc3ccc(NC(=O)/C(=C/c4cccc(Cl)c4Cl)NC(=O)c4ccccc4)cc3)C2=O)cc1. The lowest BCUT2D eigenvalue weighted by Crippen LogP contribution is -2.31. The van der Waals surface area contributed by atoms with Crippen LogP contribution in [0.5, 0.6) is 0 Å². The van der Waals surface area contributed by atoms with Crippen LogP contribution in [0, 0.1) is 0 Å². The van der Waals surface area contributed by atoms with Crippen LogP contribution in [0.4, 0.5) is 11.4 Å². The molecule has 5 rings (SSSR count). The Morgan fingerprint density at radius 1 is 0.844 bits per heavy atom. The van der Waals surface area contributed by atoms with Gasteiger partial charge in [0.05, 0.1) is 21.0 Å². The van der Waals surface area contributed by atoms with Crippen LogP contribution in [-0.4, -0.2) is 34.8 Å². The van der Waals surface area contributed by atoms with Gasteiger partial charge in [-0.25, -0.2) is 4.90 Å². The van der Waals surface area contributed by atoms with Crippen molar-refractivity contribution in [3.05, 3.63) is 129 Å². The summed E-state index contributed by atoms with van der Waals surface area (Å²) in [6.45, 7) is 0. The maximum Gasteiger partial charge on any atom is 0.272 e. The minimum Gasteiger partial charge on any atom is -0.366 e. The first-order valence-corrected chi connectivity index (χ1v) is 15.1. The number of amides is 5.